The Morgan fingerprint density at radius 2 is 1.89 bits per heavy atom. The van der Waals surface area contributed by atoms with Crippen LogP contribution >= 0.6 is 0 Å². The molecular weight excluding hydrogens is 486 g/mol. The molecule has 1 N–H and O–H groups in total. The summed E-state index contributed by atoms with van der Waals surface area (Å²) in [6.07, 6.45) is 0.202. The number of carbonyl (C=O) groups excluding carboxylic acids is 4. The molecule has 12 heteroatoms. The third kappa shape index (κ3) is 6.25. The summed E-state index contributed by atoms with van der Waals surface area (Å²) in [5.74, 6) is -2.28. The first-order valence-electron chi connectivity index (χ1n) is 11.9. The third-order valence-corrected chi connectivity index (χ3v) is 6.07. The molecule has 2 unspecified atom stereocenters. The van der Waals surface area contributed by atoms with Crippen LogP contribution in [0.15, 0.2) is 36.9 Å². The van der Waals surface area contributed by atoms with E-state index in [0.717, 1.165) is 0 Å². The Balaban J connectivity index is 1.77. The summed E-state index contributed by atoms with van der Waals surface area (Å²) in [5, 5.41) is 13.6. The monoisotopic (exact) mass is 517 g/mol. The Morgan fingerprint density at radius 1 is 1.24 bits per heavy atom. The summed E-state index contributed by atoms with van der Waals surface area (Å²) in [4.78, 5) is 62.9. The number of non-ortho nitro benzene ring substituents is 1. The molecule has 4 atom stereocenters. The van der Waals surface area contributed by atoms with Crippen molar-refractivity contribution < 1.29 is 38.3 Å². The zero-order valence-electron chi connectivity index (χ0n) is 21.2. The summed E-state index contributed by atoms with van der Waals surface area (Å²) in [6, 6.07) is 3.79. The van der Waals surface area contributed by atoms with Crippen LogP contribution in [0, 0.1) is 16.0 Å². The Labute approximate surface area is 214 Å². The van der Waals surface area contributed by atoms with E-state index in [1.54, 1.807) is 33.8 Å². The van der Waals surface area contributed by atoms with Gasteiger partial charge in [0.05, 0.1) is 23.6 Å². The van der Waals surface area contributed by atoms with Crippen LogP contribution in [0.3, 0.4) is 0 Å². The Kier molecular flexibility index (Phi) is 7.89. The third-order valence-electron chi connectivity index (χ3n) is 6.07. The molecule has 1 heterocycles. The molecule has 2 aliphatic rings. The second-order valence-corrected chi connectivity index (χ2v) is 9.94. The molecule has 1 saturated carbocycles. The number of esters is 2. The lowest BCUT2D eigenvalue weighted by Gasteiger charge is -2.28. The SMILES string of the molecule is C=C[C@@H]1C[C@]1(NC(=O)C1CC(OC(=O)c2ccc([N+](=O)[O-])cc2)CN1C(=O)OC(C)(C)C)C(=O)OCC. The van der Waals surface area contributed by atoms with E-state index < -0.39 is 52.1 Å². The highest BCUT2D eigenvalue weighted by Crippen LogP contribution is 2.45. The van der Waals surface area contributed by atoms with Crippen LogP contribution in [0.5, 0.6) is 0 Å². The fourth-order valence-electron chi connectivity index (χ4n) is 4.16. The van der Waals surface area contributed by atoms with Gasteiger partial charge in [-0.25, -0.2) is 14.4 Å². The quantitative estimate of drug-likeness (QED) is 0.180. The second-order valence-electron chi connectivity index (χ2n) is 9.94. The van der Waals surface area contributed by atoms with Crippen LogP contribution in [0.25, 0.3) is 0 Å². The van der Waals surface area contributed by atoms with E-state index in [1.165, 1.54) is 29.2 Å². The van der Waals surface area contributed by atoms with Crippen molar-refractivity contribution in [3.63, 3.8) is 0 Å². The predicted octanol–water partition coefficient (Wildman–Crippen LogP) is 2.75. The molecule has 3 rings (SSSR count). The van der Waals surface area contributed by atoms with Gasteiger partial charge in [-0.05, 0) is 46.2 Å². The van der Waals surface area contributed by atoms with Gasteiger partial charge in [-0.3, -0.25) is 19.8 Å². The lowest BCUT2D eigenvalue weighted by molar-refractivity contribution is -0.384. The number of amides is 2. The molecule has 0 bridgehead atoms. The second kappa shape index (κ2) is 10.6. The Bertz CT molecular complexity index is 1100. The molecular formula is C25H31N3O9. The predicted molar refractivity (Wildman–Crippen MR) is 129 cm³/mol. The number of rotatable bonds is 8. The fourth-order valence-corrected chi connectivity index (χ4v) is 4.16. The number of carbonyl (C=O) groups is 4. The first-order valence-corrected chi connectivity index (χ1v) is 11.9. The average Bonchev–Trinajstić information content (AvgIpc) is 3.37. The van der Waals surface area contributed by atoms with E-state index in [0.29, 0.717) is 6.42 Å². The molecule has 200 valence electrons. The van der Waals surface area contributed by atoms with Crippen molar-refractivity contribution in [3.8, 4) is 0 Å². The van der Waals surface area contributed by atoms with Crippen LogP contribution in [0.4, 0.5) is 10.5 Å². The zero-order valence-corrected chi connectivity index (χ0v) is 21.2. The maximum Gasteiger partial charge on any atom is 0.411 e. The molecule has 1 aromatic carbocycles. The number of nitro benzene ring substituents is 1. The van der Waals surface area contributed by atoms with Crippen molar-refractivity contribution in [3.05, 3.63) is 52.6 Å². The average molecular weight is 518 g/mol. The zero-order chi connectivity index (χ0) is 27.5. The molecule has 1 saturated heterocycles. The molecule has 0 radical (unpaired) electrons. The first-order chi connectivity index (χ1) is 17.3. The number of nitro groups is 1. The van der Waals surface area contributed by atoms with Gasteiger partial charge in [-0.1, -0.05) is 6.08 Å². The number of hydrogen-bond acceptors (Lipinski definition) is 9. The molecule has 1 aliphatic heterocycles. The number of ether oxygens (including phenoxy) is 3. The maximum absolute atomic E-state index is 13.3. The van der Waals surface area contributed by atoms with E-state index >= 15 is 0 Å². The molecule has 1 aromatic rings. The topological polar surface area (TPSA) is 154 Å². The molecule has 1 aliphatic carbocycles. The van der Waals surface area contributed by atoms with Crippen LogP contribution in [-0.4, -0.2) is 70.2 Å². The van der Waals surface area contributed by atoms with Crippen molar-refractivity contribution in [1.82, 2.24) is 10.2 Å². The summed E-state index contributed by atoms with van der Waals surface area (Å²) >= 11 is 0. The minimum atomic E-state index is -1.26. The summed E-state index contributed by atoms with van der Waals surface area (Å²) < 4.78 is 16.1. The molecule has 0 spiro atoms. The van der Waals surface area contributed by atoms with Gasteiger partial charge in [0.1, 0.15) is 23.3 Å². The Hall–Kier alpha value is -3.96. The van der Waals surface area contributed by atoms with Gasteiger partial charge < -0.3 is 19.5 Å². The van der Waals surface area contributed by atoms with E-state index in [1.807, 2.05) is 0 Å². The van der Waals surface area contributed by atoms with Crippen molar-refractivity contribution >= 4 is 29.6 Å². The van der Waals surface area contributed by atoms with Gasteiger partial charge >= 0.3 is 18.0 Å². The van der Waals surface area contributed by atoms with Gasteiger partial charge in [0.15, 0.2) is 0 Å². The standard InChI is InChI=1S/C25H31N3O9/c1-6-16-13-25(16,22(31)35-7-2)26-20(29)19-12-18(14-27(19)23(32)37-24(3,4)5)36-21(30)15-8-10-17(11-9-15)28(33)34/h6,8-11,16,18-19H,1,7,12-14H2,2-5H3,(H,26,29)/t16-,18?,19?,25-/m1/s1. The summed E-state index contributed by atoms with van der Waals surface area (Å²) in [5.41, 5.74) is -2.21. The van der Waals surface area contributed by atoms with Crippen molar-refractivity contribution in [2.24, 2.45) is 5.92 Å². The summed E-state index contributed by atoms with van der Waals surface area (Å²) in [7, 11) is 0. The molecule has 12 nitrogen and oxygen atoms in total. The maximum atomic E-state index is 13.3. The lowest BCUT2D eigenvalue weighted by atomic mass is 10.1. The highest BCUT2D eigenvalue weighted by molar-refractivity contribution is 5.95. The minimum Gasteiger partial charge on any atom is -0.464 e. The molecule has 2 amide bonds. The van der Waals surface area contributed by atoms with Crippen LogP contribution in [0.2, 0.25) is 0 Å². The minimum absolute atomic E-state index is 0.0402. The van der Waals surface area contributed by atoms with E-state index in [9.17, 15) is 29.3 Å². The van der Waals surface area contributed by atoms with Crippen molar-refractivity contribution in [2.75, 3.05) is 13.2 Å². The van der Waals surface area contributed by atoms with E-state index in [2.05, 4.69) is 11.9 Å². The first kappa shape index (κ1) is 27.6. The lowest BCUT2D eigenvalue weighted by Crippen LogP contribution is -2.53. The highest BCUT2D eigenvalue weighted by atomic mass is 16.6. The van der Waals surface area contributed by atoms with Gasteiger partial charge in [-0.15, -0.1) is 6.58 Å². The van der Waals surface area contributed by atoms with Crippen LogP contribution in [0.1, 0.15) is 50.9 Å². The van der Waals surface area contributed by atoms with E-state index in [-0.39, 0.29) is 36.7 Å². The van der Waals surface area contributed by atoms with E-state index in [4.69, 9.17) is 14.2 Å². The van der Waals surface area contributed by atoms with Crippen molar-refractivity contribution in [1.29, 1.82) is 0 Å². The normalized spacial score (nSPS) is 24.5. The number of nitrogens with one attached hydrogen (secondary N) is 1. The van der Waals surface area contributed by atoms with Crippen LogP contribution in [-0.2, 0) is 23.8 Å². The Morgan fingerprint density at radius 3 is 2.41 bits per heavy atom. The van der Waals surface area contributed by atoms with Gasteiger partial charge in [0.2, 0.25) is 5.91 Å². The van der Waals surface area contributed by atoms with Gasteiger partial charge in [0, 0.05) is 24.5 Å². The molecule has 2 fully saturated rings. The number of benzene rings is 1. The van der Waals surface area contributed by atoms with Gasteiger partial charge in [-0.2, -0.15) is 0 Å². The largest absolute Gasteiger partial charge is 0.464 e. The smallest absolute Gasteiger partial charge is 0.411 e. The van der Waals surface area contributed by atoms with Gasteiger partial charge in [0.25, 0.3) is 5.69 Å². The molecule has 0 aromatic heterocycles. The van der Waals surface area contributed by atoms with Crippen LogP contribution < -0.4 is 5.32 Å². The van der Waals surface area contributed by atoms with Crippen molar-refractivity contribution in [2.45, 2.75) is 63.8 Å². The molecule has 37 heavy (non-hydrogen) atoms. The highest BCUT2D eigenvalue weighted by Gasteiger charge is 2.62. The number of likely N-dealkylation sites (tertiary alicyclic amines) is 1. The number of hydrogen-bond donors (Lipinski definition) is 1. The number of nitrogens with zero attached hydrogens (tertiary/aromatic N) is 2. The summed E-state index contributed by atoms with van der Waals surface area (Å²) in [6.45, 7) is 10.4. The fraction of sp³-hybridized carbons (Fsp3) is 0.520.